The summed E-state index contributed by atoms with van der Waals surface area (Å²) in [6.45, 7) is 2.15. The van der Waals surface area contributed by atoms with Crippen LogP contribution in [0.2, 0.25) is 5.02 Å². The Hall–Kier alpha value is -0.400. The number of benzene rings is 1. The molecule has 1 atom stereocenters. The summed E-state index contributed by atoms with van der Waals surface area (Å²) in [5.74, 6) is 1.80. The molecule has 3 heteroatoms. The fraction of sp³-hybridized carbons (Fsp3) is 0.500. The van der Waals surface area contributed by atoms with E-state index in [1.54, 1.807) is 7.11 Å². The standard InChI is InChI=1S/C12H16Cl2O/c1-3-4-9(8-13)11-7-10(14)5-6-12(11)15-2/h5-7,9H,3-4,8H2,1-2H3. The Morgan fingerprint density at radius 2 is 2.13 bits per heavy atom. The van der Waals surface area contributed by atoms with Crippen LogP contribution in [-0.2, 0) is 0 Å². The molecule has 1 nitrogen and oxygen atoms in total. The van der Waals surface area contributed by atoms with Crippen LogP contribution in [0.15, 0.2) is 18.2 Å². The first-order chi connectivity index (χ1) is 7.22. The molecule has 0 aromatic heterocycles. The van der Waals surface area contributed by atoms with E-state index in [9.17, 15) is 0 Å². The van der Waals surface area contributed by atoms with Gasteiger partial charge in [0.05, 0.1) is 7.11 Å². The monoisotopic (exact) mass is 246 g/mol. The molecular formula is C12H16Cl2O. The second-order valence-corrected chi connectivity index (χ2v) is 4.27. The van der Waals surface area contributed by atoms with Crippen LogP contribution in [0, 0.1) is 0 Å². The maximum absolute atomic E-state index is 5.98. The largest absolute Gasteiger partial charge is 0.496 e. The van der Waals surface area contributed by atoms with Gasteiger partial charge in [0, 0.05) is 16.8 Å². The Bertz CT molecular complexity index is 312. The van der Waals surface area contributed by atoms with Crippen molar-refractivity contribution >= 4 is 23.2 Å². The average Bonchev–Trinajstić information content (AvgIpc) is 2.26. The third-order valence-corrected chi connectivity index (χ3v) is 3.06. The van der Waals surface area contributed by atoms with Gasteiger partial charge in [0.15, 0.2) is 0 Å². The Balaban J connectivity index is 3.02. The topological polar surface area (TPSA) is 9.23 Å². The molecule has 15 heavy (non-hydrogen) atoms. The molecule has 0 N–H and O–H groups in total. The number of ether oxygens (including phenoxy) is 1. The van der Waals surface area contributed by atoms with Gasteiger partial charge in [-0.05, 0) is 30.2 Å². The maximum Gasteiger partial charge on any atom is 0.122 e. The first-order valence-corrected chi connectivity index (χ1v) is 6.03. The van der Waals surface area contributed by atoms with E-state index in [-0.39, 0.29) is 0 Å². The molecule has 1 rings (SSSR count). The highest BCUT2D eigenvalue weighted by atomic mass is 35.5. The van der Waals surface area contributed by atoms with Crippen molar-refractivity contribution in [2.45, 2.75) is 25.7 Å². The van der Waals surface area contributed by atoms with E-state index in [0.717, 1.165) is 29.2 Å². The zero-order valence-corrected chi connectivity index (χ0v) is 10.6. The Morgan fingerprint density at radius 1 is 1.40 bits per heavy atom. The summed E-state index contributed by atoms with van der Waals surface area (Å²) in [4.78, 5) is 0. The SMILES string of the molecule is CCCC(CCl)c1cc(Cl)ccc1OC. The molecule has 1 unspecified atom stereocenters. The summed E-state index contributed by atoms with van der Waals surface area (Å²) in [6, 6.07) is 5.68. The first-order valence-electron chi connectivity index (χ1n) is 5.12. The number of alkyl halides is 1. The van der Waals surface area contributed by atoms with Crippen LogP contribution in [0.4, 0.5) is 0 Å². The number of hydrogen-bond acceptors (Lipinski definition) is 1. The number of rotatable bonds is 5. The van der Waals surface area contributed by atoms with Crippen LogP contribution in [-0.4, -0.2) is 13.0 Å². The quantitative estimate of drug-likeness (QED) is 0.697. The first kappa shape index (κ1) is 12.7. The van der Waals surface area contributed by atoms with Crippen molar-refractivity contribution in [2.24, 2.45) is 0 Å². The van der Waals surface area contributed by atoms with Crippen molar-refractivity contribution < 1.29 is 4.74 Å². The van der Waals surface area contributed by atoms with Crippen molar-refractivity contribution in [1.29, 1.82) is 0 Å². The Kier molecular flexibility index (Phi) is 5.27. The van der Waals surface area contributed by atoms with E-state index in [0.29, 0.717) is 11.8 Å². The van der Waals surface area contributed by atoms with Gasteiger partial charge >= 0.3 is 0 Å². The fourth-order valence-electron chi connectivity index (χ4n) is 1.69. The van der Waals surface area contributed by atoms with E-state index in [1.807, 2.05) is 18.2 Å². The van der Waals surface area contributed by atoms with Gasteiger partial charge in [0.25, 0.3) is 0 Å². The molecule has 0 aliphatic rings. The number of halogens is 2. The lowest BCUT2D eigenvalue weighted by atomic mass is 9.95. The highest BCUT2D eigenvalue weighted by Gasteiger charge is 2.14. The third kappa shape index (κ3) is 3.29. The van der Waals surface area contributed by atoms with Crippen LogP contribution in [0.5, 0.6) is 5.75 Å². The minimum absolute atomic E-state index is 0.324. The van der Waals surface area contributed by atoms with E-state index >= 15 is 0 Å². The molecule has 0 amide bonds. The number of hydrogen-bond donors (Lipinski definition) is 0. The number of methoxy groups -OCH3 is 1. The van der Waals surface area contributed by atoms with Crippen LogP contribution < -0.4 is 4.74 Å². The molecule has 0 spiro atoms. The summed E-state index contributed by atoms with van der Waals surface area (Å²) in [5, 5.41) is 0.733. The summed E-state index contributed by atoms with van der Waals surface area (Å²) in [6.07, 6.45) is 2.16. The highest BCUT2D eigenvalue weighted by Crippen LogP contribution is 2.32. The van der Waals surface area contributed by atoms with Crippen LogP contribution >= 0.6 is 23.2 Å². The molecule has 0 saturated carbocycles. The third-order valence-electron chi connectivity index (χ3n) is 2.45. The second-order valence-electron chi connectivity index (χ2n) is 3.53. The van der Waals surface area contributed by atoms with Crippen LogP contribution in [0.25, 0.3) is 0 Å². The Labute approximate surface area is 101 Å². The zero-order chi connectivity index (χ0) is 11.3. The molecular weight excluding hydrogens is 231 g/mol. The lowest BCUT2D eigenvalue weighted by Gasteiger charge is -2.17. The normalized spacial score (nSPS) is 12.5. The van der Waals surface area contributed by atoms with Gasteiger partial charge in [0.1, 0.15) is 5.75 Å². The predicted molar refractivity (Wildman–Crippen MR) is 66.4 cm³/mol. The molecule has 0 aliphatic heterocycles. The smallest absolute Gasteiger partial charge is 0.122 e. The van der Waals surface area contributed by atoms with Crippen molar-refractivity contribution in [2.75, 3.05) is 13.0 Å². The van der Waals surface area contributed by atoms with Crippen molar-refractivity contribution in [3.05, 3.63) is 28.8 Å². The minimum Gasteiger partial charge on any atom is -0.496 e. The second kappa shape index (κ2) is 6.24. The van der Waals surface area contributed by atoms with Gasteiger partial charge < -0.3 is 4.74 Å². The van der Waals surface area contributed by atoms with E-state index in [2.05, 4.69) is 6.92 Å². The van der Waals surface area contributed by atoms with E-state index in [4.69, 9.17) is 27.9 Å². The summed E-state index contributed by atoms with van der Waals surface area (Å²) in [5.41, 5.74) is 1.11. The molecule has 0 heterocycles. The lowest BCUT2D eigenvalue weighted by molar-refractivity contribution is 0.405. The van der Waals surface area contributed by atoms with E-state index in [1.165, 1.54) is 0 Å². The molecule has 84 valence electrons. The Morgan fingerprint density at radius 3 is 2.67 bits per heavy atom. The summed E-state index contributed by atoms with van der Waals surface area (Å²) in [7, 11) is 1.67. The van der Waals surface area contributed by atoms with Crippen molar-refractivity contribution in [1.82, 2.24) is 0 Å². The van der Waals surface area contributed by atoms with Gasteiger partial charge in [0.2, 0.25) is 0 Å². The van der Waals surface area contributed by atoms with E-state index < -0.39 is 0 Å². The van der Waals surface area contributed by atoms with Crippen molar-refractivity contribution in [3.8, 4) is 5.75 Å². The minimum atomic E-state index is 0.324. The van der Waals surface area contributed by atoms with Crippen molar-refractivity contribution in [3.63, 3.8) is 0 Å². The highest BCUT2D eigenvalue weighted by molar-refractivity contribution is 6.30. The van der Waals surface area contributed by atoms with Gasteiger partial charge in [-0.3, -0.25) is 0 Å². The molecule has 1 aromatic rings. The summed E-state index contributed by atoms with van der Waals surface area (Å²) < 4.78 is 5.31. The fourth-order valence-corrected chi connectivity index (χ4v) is 2.19. The van der Waals surface area contributed by atoms with Gasteiger partial charge in [-0.1, -0.05) is 24.9 Å². The van der Waals surface area contributed by atoms with Gasteiger partial charge in [-0.2, -0.15) is 0 Å². The molecule has 0 aliphatic carbocycles. The molecule has 1 aromatic carbocycles. The molecule has 0 fully saturated rings. The van der Waals surface area contributed by atoms with Crippen LogP contribution in [0.3, 0.4) is 0 Å². The summed E-state index contributed by atoms with van der Waals surface area (Å²) >= 11 is 11.9. The lowest BCUT2D eigenvalue weighted by Crippen LogP contribution is -2.03. The molecule has 0 bridgehead atoms. The molecule has 0 radical (unpaired) electrons. The molecule has 0 saturated heterocycles. The van der Waals surface area contributed by atoms with Crippen LogP contribution in [0.1, 0.15) is 31.2 Å². The predicted octanol–water partition coefficient (Wildman–Crippen LogP) is 4.47. The van der Waals surface area contributed by atoms with Gasteiger partial charge in [-0.25, -0.2) is 0 Å². The maximum atomic E-state index is 5.98. The average molecular weight is 247 g/mol. The van der Waals surface area contributed by atoms with Gasteiger partial charge in [-0.15, -0.1) is 11.6 Å². The zero-order valence-electron chi connectivity index (χ0n) is 9.09.